The van der Waals surface area contributed by atoms with Crippen LogP contribution in [0.1, 0.15) is 78.1 Å². The van der Waals surface area contributed by atoms with Crippen molar-refractivity contribution in [1.29, 1.82) is 0 Å². The summed E-state index contributed by atoms with van der Waals surface area (Å²) in [7, 11) is 0. The van der Waals surface area contributed by atoms with Gasteiger partial charge in [-0.1, -0.05) is 13.5 Å². The lowest BCUT2D eigenvalue weighted by Gasteiger charge is -2.24. The topological polar surface area (TPSA) is 289 Å². The van der Waals surface area contributed by atoms with Gasteiger partial charge in [0, 0.05) is 11.0 Å². The van der Waals surface area contributed by atoms with E-state index in [0.717, 1.165) is 38.5 Å². The van der Waals surface area contributed by atoms with E-state index in [4.69, 9.17) is 35.7 Å². The van der Waals surface area contributed by atoms with Gasteiger partial charge in [0.15, 0.2) is 17.8 Å². The molecule has 0 amide bonds. The summed E-state index contributed by atoms with van der Waals surface area (Å²) < 4.78 is 14.0. The van der Waals surface area contributed by atoms with Crippen LogP contribution < -0.4 is 0 Å². The number of aliphatic hydroxyl groups excluding tert-OH is 3. The summed E-state index contributed by atoms with van der Waals surface area (Å²) in [4.78, 5) is 73.4. The summed E-state index contributed by atoms with van der Waals surface area (Å²) in [6.07, 6.45) is 6.40. The molecule has 3 aliphatic rings. The Hall–Kier alpha value is -4.09. The van der Waals surface area contributed by atoms with Crippen LogP contribution >= 0.6 is 0 Å². The van der Waals surface area contributed by atoms with Crippen LogP contribution in [0.3, 0.4) is 0 Å². The normalized spacial score (nSPS) is 20.7. The zero-order valence-corrected chi connectivity index (χ0v) is 27.5. The minimum Gasteiger partial charge on any atom is -0.481 e. The van der Waals surface area contributed by atoms with Crippen LogP contribution in [0.25, 0.3) is 0 Å². The smallest absolute Gasteiger partial charge is 0.330 e. The molecule has 0 aromatic heterocycles. The van der Waals surface area contributed by atoms with E-state index in [0.29, 0.717) is 45.5 Å². The fourth-order valence-electron chi connectivity index (χ4n) is 3.68. The van der Waals surface area contributed by atoms with Gasteiger partial charge in [-0.3, -0.25) is 28.8 Å². The quantitative estimate of drug-likeness (QED) is 0.0814. The number of carboxylic acid groups (broad SMARTS) is 4. The molecule has 0 aromatic rings. The number of carbonyl (C=O) groups excluding carboxylic acids is 3. The molecule has 0 spiro atoms. The fraction of sp³-hybridized carbons (Fsp3) is 0.710. The van der Waals surface area contributed by atoms with Crippen LogP contribution in [0.15, 0.2) is 12.2 Å². The number of aliphatic hydroxyl groups is 3. The van der Waals surface area contributed by atoms with Crippen molar-refractivity contribution < 1.29 is 83.5 Å². The molecule has 3 heterocycles. The lowest BCUT2D eigenvalue weighted by Crippen LogP contribution is -2.32. The third kappa shape index (κ3) is 19.5. The first-order valence-corrected chi connectivity index (χ1v) is 15.4. The number of esters is 3. The van der Waals surface area contributed by atoms with Crippen molar-refractivity contribution in [3.05, 3.63) is 12.2 Å². The van der Waals surface area contributed by atoms with Gasteiger partial charge in [-0.2, -0.15) is 0 Å². The van der Waals surface area contributed by atoms with Gasteiger partial charge in [0.05, 0.1) is 39.6 Å². The van der Waals surface area contributed by atoms with Gasteiger partial charge in [-0.25, -0.2) is 4.79 Å². The highest BCUT2D eigenvalue weighted by Crippen LogP contribution is 2.19. The van der Waals surface area contributed by atoms with Crippen molar-refractivity contribution >= 4 is 41.8 Å². The molecule has 3 fully saturated rings. The van der Waals surface area contributed by atoms with E-state index in [2.05, 4.69) is 20.8 Å². The van der Waals surface area contributed by atoms with E-state index in [1.165, 1.54) is 6.92 Å². The second-order valence-electron chi connectivity index (χ2n) is 11.1. The van der Waals surface area contributed by atoms with Gasteiger partial charge in [0.1, 0.15) is 0 Å². The maximum absolute atomic E-state index is 10.9. The molecule has 3 rings (SSSR count). The Balaban J connectivity index is 0. The third-order valence-corrected chi connectivity index (χ3v) is 7.26. The summed E-state index contributed by atoms with van der Waals surface area (Å²) >= 11 is 0. The third-order valence-electron chi connectivity index (χ3n) is 7.26. The standard InChI is InChI=1S/3C7H10O4.C6H14O3.C4H6O2/c3*8-6(9)5-3-1-2-4-11-7(5)10;1-2-6(3-7,4-8)5-9;1-3(2)4(5)6/h3*5H,1-4H2,(H,8,9);7-9H,2-5H2,1H3;1H2,2H3,(H,5,6). The summed E-state index contributed by atoms with van der Waals surface area (Å²) in [5.74, 6) is -8.71. The number of ether oxygens (including phenoxy) is 3. The number of rotatable bonds is 8. The Labute approximate surface area is 278 Å². The Morgan fingerprint density at radius 3 is 1.02 bits per heavy atom. The predicted molar refractivity (Wildman–Crippen MR) is 164 cm³/mol. The number of hydrogen-bond donors (Lipinski definition) is 7. The number of hydrogen-bond acceptors (Lipinski definition) is 13. The minimum atomic E-state index is -1.07. The van der Waals surface area contributed by atoms with E-state index in [1.807, 2.05) is 6.92 Å². The largest absolute Gasteiger partial charge is 0.481 e. The molecule has 3 aliphatic heterocycles. The van der Waals surface area contributed by atoms with Crippen LogP contribution in [0.2, 0.25) is 0 Å². The van der Waals surface area contributed by atoms with Gasteiger partial charge in [-0.15, -0.1) is 0 Å². The molecule has 7 N–H and O–H groups in total. The number of carbonyl (C=O) groups is 7. The van der Waals surface area contributed by atoms with Crippen molar-refractivity contribution in [1.82, 2.24) is 0 Å². The first kappa shape index (κ1) is 46.0. The zero-order chi connectivity index (χ0) is 37.3. The van der Waals surface area contributed by atoms with Gasteiger partial charge in [0.25, 0.3) is 0 Å². The average molecular weight is 695 g/mol. The maximum atomic E-state index is 10.9. The molecule has 0 bridgehead atoms. The Morgan fingerprint density at radius 2 is 0.875 bits per heavy atom. The van der Waals surface area contributed by atoms with E-state index in [1.54, 1.807) is 0 Å². The van der Waals surface area contributed by atoms with Crippen molar-refractivity contribution in [2.45, 2.75) is 78.1 Å². The van der Waals surface area contributed by atoms with Crippen molar-refractivity contribution in [3.63, 3.8) is 0 Å². The van der Waals surface area contributed by atoms with E-state index in [-0.39, 0.29) is 25.4 Å². The van der Waals surface area contributed by atoms with Crippen molar-refractivity contribution in [2.24, 2.45) is 23.2 Å². The Morgan fingerprint density at radius 1 is 0.625 bits per heavy atom. The van der Waals surface area contributed by atoms with E-state index in [9.17, 15) is 33.6 Å². The lowest BCUT2D eigenvalue weighted by molar-refractivity contribution is -0.159. The number of aliphatic carboxylic acids is 4. The van der Waals surface area contributed by atoms with Crippen LogP contribution in [-0.4, -0.2) is 117 Å². The number of cyclic esters (lactones) is 3. The predicted octanol–water partition coefficient (Wildman–Crippen LogP) is 1.25. The van der Waals surface area contributed by atoms with Crippen LogP contribution in [0, 0.1) is 23.2 Å². The Bertz CT molecular complexity index is 925. The highest BCUT2D eigenvalue weighted by atomic mass is 16.5. The van der Waals surface area contributed by atoms with E-state index < -0.39 is 65.0 Å². The second kappa shape index (κ2) is 25.9. The summed E-state index contributed by atoms with van der Waals surface area (Å²) in [5, 5.41) is 59.5. The molecule has 0 aliphatic carbocycles. The fourth-order valence-corrected chi connectivity index (χ4v) is 3.68. The molecule has 276 valence electrons. The zero-order valence-electron chi connectivity index (χ0n) is 27.5. The molecule has 0 radical (unpaired) electrons. The molecule has 48 heavy (non-hydrogen) atoms. The molecule has 3 atom stereocenters. The van der Waals surface area contributed by atoms with Crippen LogP contribution in [-0.2, 0) is 47.8 Å². The maximum Gasteiger partial charge on any atom is 0.330 e. The first-order valence-electron chi connectivity index (χ1n) is 15.4. The molecular formula is C31H50O17. The Kier molecular flexibility index (Phi) is 24.9. The summed E-state index contributed by atoms with van der Waals surface area (Å²) in [6, 6.07) is 0. The average Bonchev–Trinajstić information content (AvgIpc) is 3.50. The van der Waals surface area contributed by atoms with E-state index >= 15 is 0 Å². The highest BCUT2D eigenvalue weighted by Gasteiger charge is 2.30. The van der Waals surface area contributed by atoms with Crippen LogP contribution in [0.4, 0.5) is 0 Å². The minimum absolute atomic E-state index is 0.156. The van der Waals surface area contributed by atoms with Gasteiger partial charge in [-0.05, 0) is 71.1 Å². The lowest BCUT2D eigenvalue weighted by atomic mass is 9.88. The molecule has 0 saturated carbocycles. The molecule has 17 heteroatoms. The van der Waals surface area contributed by atoms with Gasteiger partial charge in [0.2, 0.25) is 0 Å². The molecule has 17 nitrogen and oxygen atoms in total. The highest BCUT2D eigenvalue weighted by molar-refractivity contribution is 5.95. The van der Waals surface area contributed by atoms with Crippen molar-refractivity contribution in [3.8, 4) is 0 Å². The second-order valence-corrected chi connectivity index (χ2v) is 11.1. The molecule has 3 saturated heterocycles. The molecule has 3 unspecified atom stereocenters. The van der Waals surface area contributed by atoms with Gasteiger partial charge >= 0.3 is 41.8 Å². The summed E-state index contributed by atoms with van der Waals surface area (Å²) in [6.45, 7) is 7.05. The number of carboxylic acids is 4. The monoisotopic (exact) mass is 694 g/mol. The van der Waals surface area contributed by atoms with Gasteiger partial charge < -0.3 is 50.0 Å². The first-order chi connectivity index (χ1) is 22.5. The SMILES string of the molecule is C=C(C)C(=O)O.CCC(CO)(CO)CO.O=C(O)C1CCCCOC1=O.O=C(O)C1CCCCOC1=O.O=C(O)C1CCCCOC1=O. The molecule has 0 aromatic carbocycles. The van der Waals surface area contributed by atoms with Crippen molar-refractivity contribution in [2.75, 3.05) is 39.6 Å². The molecular weight excluding hydrogens is 644 g/mol. The summed E-state index contributed by atoms with van der Waals surface area (Å²) in [5.41, 5.74) is -0.491. The van der Waals surface area contributed by atoms with Crippen LogP contribution in [0.5, 0.6) is 0 Å².